The Kier molecular flexibility index (Phi) is 2.76. The van der Waals surface area contributed by atoms with E-state index in [1.54, 1.807) is 0 Å². The van der Waals surface area contributed by atoms with Gasteiger partial charge in [0.05, 0.1) is 5.92 Å². The van der Waals surface area contributed by atoms with E-state index >= 15 is 0 Å². The summed E-state index contributed by atoms with van der Waals surface area (Å²) in [4.78, 5) is 12.0. The van der Waals surface area contributed by atoms with E-state index in [-0.39, 0.29) is 18.0 Å². The van der Waals surface area contributed by atoms with E-state index in [0.717, 1.165) is 6.42 Å². The summed E-state index contributed by atoms with van der Waals surface area (Å²) < 4.78 is 5.76. The fourth-order valence-corrected chi connectivity index (χ4v) is 4.13. The van der Waals surface area contributed by atoms with Crippen molar-refractivity contribution in [3.8, 4) is 0 Å². The van der Waals surface area contributed by atoms with Gasteiger partial charge < -0.3 is 4.74 Å². The number of esters is 1. The quantitative estimate of drug-likeness (QED) is 0.514. The molecule has 0 unspecified atom stereocenters. The highest BCUT2D eigenvalue weighted by molar-refractivity contribution is 5.74. The lowest BCUT2D eigenvalue weighted by Gasteiger charge is -2.39. The normalized spacial score (nSPS) is 45.4. The zero-order chi connectivity index (χ0) is 12.0. The number of rotatable bonds is 1. The molecule has 0 spiro atoms. The van der Waals surface area contributed by atoms with Gasteiger partial charge in [-0.25, -0.2) is 0 Å². The Morgan fingerprint density at radius 2 is 2.12 bits per heavy atom. The van der Waals surface area contributed by atoms with Crippen LogP contribution in [0.4, 0.5) is 0 Å². The molecule has 0 amide bonds. The van der Waals surface area contributed by atoms with Crippen molar-refractivity contribution >= 4 is 5.97 Å². The Labute approximate surface area is 103 Å². The molecule has 5 atom stereocenters. The molecular weight excluding hydrogens is 212 g/mol. The van der Waals surface area contributed by atoms with Gasteiger partial charge in [-0.3, -0.25) is 4.79 Å². The van der Waals surface area contributed by atoms with Crippen molar-refractivity contribution in [3.63, 3.8) is 0 Å². The second kappa shape index (κ2) is 4.15. The summed E-state index contributed by atoms with van der Waals surface area (Å²) in [7, 11) is 0. The maximum atomic E-state index is 12.0. The highest BCUT2D eigenvalue weighted by atomic mass is 16.5. The zero-order valence-electron chi connectivity index (χ0n) is 10.8. The van der Waals surface area contributed by atoms with Crippen LogP contribution < -0.4 is 0 Å². The molecule has 0 aromatic heterocycles. The van der Waals surface area contributed by atoms with Gasteiger partial charge in [0.2, 0.25) is 0 Å². The maximum Gasteiger partial charge on any atom is 0.309 e. The van der Waals surface area contributed by atoms with Crippen molar-refractivity contribution < 1.29 is 9.53 Å². The molecule has 0 aromatic rings. The molecule has 2 heteroatoms. The summed E-state index contributed by atoms with van der Waals surface area (Å²) >= 11 is 0. The number of allylic oxidation sites excluding steroid dienone is 1. The predicted octanol–water partition coefficient (Wildman–Crippen LogP) is 3.32. The number of hydrogen-bond donors (Lipinski definition) is 0. The molecule has 0 N–H and O–H groups in total. The summed E-state index contributed by atoms with van der Waals surface area (Å²) in [6, 6.07) is 0. The fourth-order valence-electron chi connectivity index (χ4n) is 4.13. The topological polar surface area (TPSA) is 26.3 Å². The Hall–Kier alpha value is -0.790. The van der Waals surface area contributed by atoms with E-state index in [2.05, 4.69) is 19.9 Å². The van der Waals surface area contributed by atoms with Crippen LogP contribution in [0.2, 0.25) is 0 Å². The van der Waals surface area contributed by atoms with Crippen LogP contribution in [-0.4, -0.2) is 12.1 Å². The van der Waals surface area contributed by atoms with E-state index in [9.17, 15) is 4.79 Å². The van der Waals surface area contributed by atoms with Crippen LogP contribution >= 0.6 is 0 Å². The summed E-state index contributed by atoms with van der Waals surface area (Å²) in [5.41, 5.74) is 1.41. The summed E-state index contributed by atoms with van der Waals surface area (Å²) in [6.07, 6.45) is 8.46. The van der Waals surface area contributed by atoms with Crippen molar-refractivity contribution in [2.45, 2.75) is 52.1 Å². The standard InChI is InChI=1S/C15H22O2/c1-9-7-8-12-10(2)15(16)17-14(13(9)12)11-5-3-4-6-11/h5,9-10,12-14H,3-4,6-8H2,1-2H3/t9-,10-,12+,13+,14-/m1/s1. The molecule has 3 rings (SSSR count). The van der Waals surface area contributed by atoms with Gasteiger partial charge in [-0.05, 0) is 49.5 Å². The zero-order valence-corrected chi connectivity index (χ0v) is 10.8. The van der Waals surface area contributed by atoms with Gasteiger partial charge in [0, 0.05) is 5.92 Å². The van der Waals surface area contributed by atoms with Gasteiger partial charge >= 0.3 is 5.97 Å². The highest BCUT2D eigenvalue weighted by Gasteiger charge is 2.50. The lowest BCUT2D eigenvalue weighted by atomic mass is 9.74. The molecule has 0 radical (unpaired) electrons. The molecule has 0 bridgehead atoms. The smallest absolute Gasteiger partial charge is 0.309 e. The summed E-state index contributed by atoms with van der Waals surface area (Å²) in [5.74, 6) is 2.02. The maximum absolute atomic E-state index is 12.0. The monoisotopic (exact) mass is 234 g/mol. The summed E-state index contributed by atoms with van der Waals surface area (Å²) in [6.45, 7) is 4.39. The van der Waals surface area contributed by atoms with Crippen LogP contribution in [0.5, 0.6) is 0 Å². The van der Waals surface area contributed by atoms with Crippen LogP contribution in [-0.2, 0) is 9.53 Å². The first-order valence-corrected chi connectivity index (χ1v) is 7.08. The average molecular weight is 234 g/mol. The Balaban J connectivity index is 1.89. The van der Waals surface area contributed by atoms with E-state index in [0.29, 0.717) is 17.8 Å². The predicted molar refractivity (Wildman–Crippen MR) is 66.4 cm³/mol. The molecule has 94 valence electrons. The summed E-state index contributed by atoms with van der Waals surface area (Å²) in [5, 5.41) is 0. The van der Waals surface area contributed by atoms with Crippen LogP contribution in [0.3, 0.4) is 0 Å². The van der Waals surface area contributed by atoms with E-state index < -0.39 is 0 Å². The molecular formula is C15H22O2. The molecule has 3 aliphatic rings. The average Bonchev–Trinajstić information content (AvgIpc) is 2.93. The molecule has 1 heterocycles. The Bertz CT molecular complexity index is 358. The third kappa shape index (κ3) is 1.73. The fraction of sp³-hybridized carbons (Fsp3) is 0.800. The number of carbonyl (C=O) groups excluding carboxylic acids is 1. The minimum Gasteiger partial charge on any atom is -0.457 e. The van der Waals surface area contributed by atoms with Gasteiger partial charge in [0.1, 0.15) is 6.10 Å². The van der Waals surface area contributed by atoms with Crippen molar-refractivity contribution in [2.24, 2.45) is 23.7 Å². The van der Waals surface area contributed by atoms with Gasteiger partial charge in [0.25, 0.3) is 0 Å². The molecule has 1 aliphatic heterocycles. The minimum atomic E-state index is 0.0400. The molecule has 1 saturated carbocycles. The van der Waals surface area contributed by atoms with Gasteiger partial charge in [-0.1, -0.05) is 19.9 Å². The molecule has 17 heavy (non-hydrogen) atoms. The Morgan fingerprint density at radius 3 is 2.82 bits per heavy atom. The third-order valence-electron chi connectivity index (χ3n) is 5.16. The van der Waals surface area contributed by atoms with E-state index in [1.165, 1.54) is 31.3 Å². The lowest BCUT2D eigenvalue weighted by Crippen LogP contribution is -2.44. The number of cyclic esters (lactones) is 1. The first-order valence-electron chi connectivity index (χ1n) is 7.08. The minimum absolute atomic E-state index is 0.0400. The van der Waals surface area contributed by atoms with Gasteiger partial charge in [-0.15, -0.1) is 0 Å². The first-order chi connectivity index (χ1) is 8.18. The van der Waals surface area contributed by atoms with Crippen molar-refractivity contribution in [2.75, 3.05) is 0 Å². The van der Waals surface area contributed by atoms with Crippen molar-refractivity contribution in [1.82, 2.24) is 0 Å². The molecule has 1 saturated heterocycles. The Morgan fingerprint density at radius 1 is 1.29 bits per heavy atom. The van der Waals surface area contributed by atoms with Gasteiger partial charge in [-0.2, -0.15) is 0 Å². The SMILES string of the molecule is C[C@@H]1CC[C@@H]2[C@H]1[C@@H](C1=CCCC1)OC(=O)[C@@H]2C. The number of ether oxygens (including phenoxy) is 1. The number of carbonyl (C=O) groups is 1. The largest absolute Gasteiger partial charge is 0.457 e. The first kappa shape index (κ1) is 11.3. The molecule has 2 fully saturated rings. The van der Waals surface area contributed by atoms with Crippen molar-refractivity contribution in [3.05, 3.63) is 11.6 Å². The van der Waals surface area contributed by atoms with Crippen LogP contribution in [0.15, 0.2) is 11.6 Å². The van der Waals surface area contributed by atoms with Crippen LogP contribution in [0.25, 0.3) is 0 Å². The molecule has 0 aromatic carbocycles. The molecule has 2 nitrogen and oxygen atoms in total. The van der Waals surface area contributed by atoms with Crippen LogP contribution in [0, 0.1) is 23.7 Å². The van der Waals surface area contributed by atoms with E-state index in [1.807, 2.05) is 0 Å². The highest BCUT2D eigenvalue weighted by Crippen LogP contribution is 2.49. The lowest BCUT2D eigenvalue weighted by molar-refractivity contribution is -0.167. The van der Waals surface area contributed by atoms with Gasteiger partial charge in [0.15, 0.2) is 0 Å². The second-order valence-electron chi connectivity index (χ2n) is 6.11. The third-order valence-corrected chi connectivity index (χ3v) is 5.16. The van der Waals surface area contributed by atoms with Crippen LogP contribution in [0.1, 0.15) is 46.0 Å². The number of hydrogen-bond acceptors (Lipinski definition) is 2. The van der Waals surface area contributed by atoms with Crippen molar-refractivity contribution in [1.29, 1.82) is 0 Å². The number of fused-ring (bicyclic) bond motifs is 1. The van der Waals surface area contributed by atoms with E-state index in [4.69, 9.17) is 4.74 Å². The second-order valence-corrected chi connectivity index (χ2v) is 6.11. The molecule has 2 aliphatic carbocycles.